The third-order valence-corrected chi connectivity index (χ3v) is 2.72. The number of nitrogens with two attached hydrogens (primary N) is 1. The van der Waals surface area contributed by atoms with E-state index in [1.807, 2.05) is 0 Å². The molecule has 1 aliphatic rings. The van der Waals surface area contributed by atoms with E-state index in [9.17, 15) is 13.2 Å². The normalized spacial score (nSPS) is 17.0. The number of sulfonamides is 1. The zero-order valence-electron chi connectivity index (χ0n) is 7.10. The Balaban J connectivity index is 2.88. The predicted octanol–water partition coefficient (Wildman–Crippen LogP) is -0.813. The van der Waals surface area contributed by atoms with E-state index in [-0.39, 0.29) is 12.1 Å². The number of nitrogens with zero attached hydrogens (tertiary/aromatic N) is 1. The van der Waals surface area contributed by atoms with Gasteiger partial charge in [-0.05, 0) is 6.08 Å². The number of rotatable bonds is 2. The van der Waals surface area contributed by atoms with Crippen LogP contribution in [0.4, 0.5) is 0 Å². The molecule has 0 radical (unpaired) electrons. The summed E-state index contributed by atoms with van der Waals surface area (Å²) in [5.74, 6) is -0.599. The van der Waals surface area contributed by atoms with Crippen molar-refractivity contribution in [3.63, 3.8) is 0 Å². The molecule has 1 aliphatic heterocycles. The Kier molecular flexibility index (Phi) is 2.42. The Morgan fingerprint density at radius 1 is 1.62 bits per heavy atom. The van der Waals surface area contributed by atoms with E-state index in [0.29, 0.717) is 0 Å². The van der Waals surface area contributed by atoms with Gasteiger partial charge in [0.25, 0.3) is 0 Å². The number of allylic oxidation sites excluding steroid dienone is 2. The monoisotopic (exact) mass is 202 g/mol. The molecular formula is C7H10N2O3S. The molecule has 1 heterocycles. The van der Waals surface area contributed by atoms with Gasteiger partial charge < -0.3 is 5.73 Å². The minimum Gasteiger partial charge on any atom is -0.366 e. The lowest BCUT2D eigenvalue weighted by Gasteiger charge is -2.20. The Labute approximate surface area is 76.6 Å². The molecule has 0 atom stereocenters. The van der Waals surface area contributed by atoms with Crippen molar-refractivity contribution in [3.05, 3.63) is 23.9 Å². The quantitative estimate of drug-likeness (QED) is 0.635. The molecule has 2 N–H and O–H groups in total. The standard InChI is InChI=1S/C7H10N2O3S/c1-13(11,12)9-4-2-3-6(5-9)7(8)10/h2-4H,5H2,1H3,(H2,8,10). The summed E-state index contributed by atoms with van der Waals surface area (Å²) in [6.45, 7) is 0.0185. The highest BCUT2D eigenvalue weighted by Gasteiger charge is 2.18. The smallest absolute Gasteiger partial charge is 0.246 e. The lowest BCUT2D eigenvalue weighted by Crippen LogP contribution is -2.32. The lowest BCUT2D eigenvalue weighted by molar-refractivity contribution is -0.114. The number of carbonyl (C=O) groups is 1. The Morgan fingerprint density at radius 3 is 2.69 bits per heavy atom. The average Bonchev–Trinajstić information content (AvgIpc) is 2.03. The number of primary amides is 1. The van der Waals surface area contributed by atoms with Gasteiger partial charge >= 0.3 is 0 Å². The molecule has 0 saturated carbocycles. The van der Waals surface area contributed by atoms with Gasteiger partial charge in [-0.25, -0.2) is 8.42 Å². The molecule has 1 amide bonds. The maximum Gasteiger partial charge on any atom is 0.246 e. The van der Waals surface area contributed by atoms with Gasteiger partial charge in [-0.1, -0.05) is 6.08 Å². The first-order valence-electron chi connectivity index (χ1n) is 3.55. The second-order valence-electron chi connectivity index (χ2n) is 2.71. The lowest BCUT2D eigenvalue weighted by atomic mass is 10.2. The van der Waals surface area contributed by atoms with Crippen molar-refractivity contribution < 1.29 is 13.2 Å². The van der Waals surface area contributed by atoms with E-state index in [0.717, 1.165) is 10.6 Å². The first-order valence-corrected chi connectivity index (χ1v) is 5.40. The van der Waals surface area contributed by atoms with Crippen molar-refractivity contribution in [1.82, 2.24) is 4.31 Å². The van der Waals surface area contributed by atoms with Gasteiger partial charge in [-0.2, -0.15) is 0 Å². The largest absolute Gasteiger partial charge is 0.366 e. The van der Waals surface area contributed by atoms with Crippen LogP contribution in [0.25, 0.3) is 0 Å². The highest BCUT2D eigenvalue weighted by molar-refractivity contribution is 7.88. The second-order valence-corrected chi connectivity index (χ2v) is 4.64. The molecule has 0 aromatic carbocycles. The zero-order chi connectivity index (χ0) is 10.1. The number of hydrogen-bond donors (Lipinski definition) is 1. The first-order chi connectivity index (χ1) is 5.91. The number of amides is 1. The third kappa shape index (κ3) is 2.32. The fourth-order valence-electron chi connectivity index (χ4n) is 0.916. The van der Waals surface area contributed by atoms with Gasteiger partial charge in [0.15, 0.2) is 0 Å². The van der Waals surface area contributed by atoms with E-state index in [1.165, 1.54) is 18.4 Å². The molecule has 13 heavy (non-hydrogen) atoms. The number of carbonyl (C=O) groups excluding carboxylic acids is 1. The molecule has 0 spiro atoms. The van der Waals surface area contributed by atoms with Crippen molar-refractivity contribution in [1.29, 1.82) is 0 Å². The Hall–Kier alpha value is -1.30. The summed E-state index contributed by atoms with van der Waals surface area (Å²) in [6.07, 6.45) is 5.44. The highest BCUT2D eigenvalue weighted by Crippen LogP contribution is 2.10. The van der Waals surface area contributed by atoms with Crippen molar-refractivity contribution >= 4 is 15.9 Å². The molecule has 0 aliphatic carbocycles. The minimum absolute atomic E-state index is 0.0185. The molecule has 0 unspecified atom stereocenters. The Bertz CT molecular complexity index is 381. The first kappa shape index (κ1) is 9.79. The maximum atomic E-state index is 11.0. The van der Waals surface area contributed by atoms with Crippen LogP contribution in [0, 0.1) is 0 Å². The molecule has 0 saturated heterocycles. The molecule has 0 bridgehead atoms. The van der Waals surface area contributed by atoms with Gasteiger partial charge in [0.05, 0.1) is 12.8 Å². The van der Waals surface area contributed by atoms with Crippen LogP contribution in [0.1, 0.15) is 0 Å². The van der Waals surface area contributed by atoms with E-state index in [4.69, 9.17) is 5.73 Å². The van der Waals surface area contributed by atoms with Crippen LogP contribution in [0.5, 0.6) is 0 Å². The van der Waals surface area contributed by atoms with Crippen LogP contribution in [-0.4, -0.2) is 31.4 Å². The predicted molar refractivity (Wildman–Crippen MR) is 48.0 cm³/mol. The molecule has 5 nitrogen and oxygen atoms in total. The zero-order valence-corrected chi connectivity index (χ0v) is 7.91. The summed E-state index contributed by atoms with van der Waals surface area (Å²) in [5.41, 5.74) is 5.30. The fourth-order valence-corrected chi connectivity index (χ4v) is 1.58. The SMILES string of the molecule is CS(=O)(=O)N1C=CC=C(C(N)=O)C1. The third-order valence-electron chi connectivity index (χ3n) is 1.62. The highest BCUT2D eigenvalue weighted by atomic mass is 32.2. The average molecular weight is 202 g/mol. The molecule has 0 fully saturated rings. The molecule has 0 aromatic rings. The summed E-state index contributed by atoms with van der Waals surface area (Å²) >= 11 is 0. The minimum atomic E-state index is -3.29. The fraction of sp³-hybridized carbons (Fsp3) is 0.286. The van der Waals surface area contributed by atoms with Gasteiger partial charge in [-0.3, -0.25) is 9.10 Å². The van der Waals surface area contributed by atoms with Crippen molar-refractivity contribution in [2.24, 2.45) is 5.73 Å². The molecule has 1 rings (SSSR count). The van der Waals surface area contributed by atoms with E-state index in [2.05, 4.69) is 0 Å². The topological polar surface area (TPSA) is 80.5 Å². The summed E-state index contributed by atoms with van der Waals surface area (Å²) in [4.78, 5) is 10.7. The van der Waals surface area contributed by atoms with E-state index in [1.54, 1.807) is 0 Å². The van der Waals surface area contributed by atoms with Crippen LogP contribution < -0.4 is 5.73 Å². The summed E-state index contributed by atoms with van der Waals surface area (Å²) in [6, 6.07) is 0. The number of hydrogen-bond acceptors (Lipinski definition) is 3. The maximum absolute atomic E-state index is 11.0. The van der Waals surface area contributed by atoms with Crippen LogP contribution in [0.2, 0.25) is 0 Å². The second kappa shape index (κ2) is 3.21. The molecule has 0 aromatic heterocycles. The summed E-state index contributed by atoms with van der Waals surface area (Å²) < 4.78 is 23.2. The van der Waals surface area contributed by atoms with Crippen molar-refractivity contribution in [2.75, 3.05) is 12.8 Å². The van der Waals surface area contributed by atoms with Gasteiger partial charge in [0, 0.05) is 11.8 Å². The molecule has 72 valence electrons. The van der Waals surface area contributed by atoms with E-state index < -0.39 is 15.9 Å². The summed E-state index contributed by atoms with van der Waals surface area (Å²) in [5, 5.41) is 0. The van der Waals surface area contributed by atoms with E-state index >= 15 is 0 Å². The van der Waals surface area contributed by atoms with Gasteiger partial charge in [0.2, 0.25) is 15.9 Å². The van der Waals surface area contributed by atoms with Crippen LogP contribution in [-0.2, 0) is 14.8 Å². The van der Waals surface area contributed by atoms with Crippen LogP contribution >= 0.6 is 0 Å². The summed E-state index contributed by atoms with van der Waals surface area (Å²) in [7, 11) is -3.29. The van der Waals surface area contributed by atoms with Crippen molar-refractivity contribution in [2.45, 2.75) is 0 Å². The molecular weight excluding hydrogens is 192 g/mol. The molecule has 6 heteroatoms. The van der Waals surface area contributed by atoms with Crippen molar-refractivity contribution in [3.8, 4) is 0 Å². The van der Waals surface area contributed by atoms with Crippen LogP contribution in [0.3, 0.4) is 0 Å². The Morgan fingerprint density at radius 2 is 2.23 bits per heavy atom. The van der Waals surface area contributed by atoms with Gasteiger partial charge in [0.1, 0.15) is 0 Å². The van der Waals surface area contributed by atoms with Crippen LogP contribution in [0.15, 0.2) is 23.9 Å². The van der Waals surface area contributed by atoms with Gasteiger partial charge in [-0.15, -0.1) is 0 Å².